The van der Waals surface area contributed by atoms with Crippen LogP contribution in [0.15, 0.2) is 0 Å². The quantitative estimate of drug-likeness (QED) is 0.487. The van der Waals surface area contributed by atoms with Crippen LogP contribution in [-0.4, -0.2) is 70.5 Å². The standard InChI is InChI=1S/C14H29N3O3/c1-16-14(13(15)18,12-5-6-12)11-17(8-10-20-3)7-4-9-19-2/h12,16H,4-11H2,1-3H3,(H2,15,18). The normalized spacial score (nSPS) is 18.2. The first-order valence-electron chi connectivity index (χ1n) is 7.29. The number of nitrogens with two attached hydrogens (primary N) is 1. The Kier molecular flexibility index (Phi) is 7.43. The highest BCUT2D eigenvalue weighted by Crippen LogP contribution is 2.40. The summed E-state index contributed by atoms with van der Waals surface area (Å²) >= 11 is 0. The van der Waals surface area contributed by atoms with Gasteiger partial charge in [-0.25, -0.2) is 0 Å². The van der Waals surface area contributed by atoms with E-state index in [0.29, 0.717) is 19.1 Å². The van der Waals surface area contributed by atoms with Gasteiger partial charge >= 0.3 is 0 Å². The first-order chi connectivity index (χ1) is 9.60. The fourth-order valence-corrected chi connectivity index (χ4v) is 2.67. The van der Waals surface area contributed by atoms with Crippen molar-refractivity contribution in [2.45, 2.75) is 24.8 Å². The number of nitrogens with one attached hydrogen (secondary N) is 1. The Hall–Kier alpha value is -0.690. The van der Waals surface area contributed by atoms with Gasteiger partial charge < -0.3 is 20.5 Å². The third-order valence-corrected chi connectivity index (χ3v) is 4.07. The Labute approximate surface area is 122 Å². The molecule has 0 spiro atoms. The number of hydrogen-bond donors (Lipinski definition) is 2. The molecule has 1 saturated carbocycles. The second-order valence-corrected chi connectivity index (χ2v) is 5.48. The van der Waals surface area contributed by atoms with E-state index >= 15 is 0 Å². The Morgan fingerprint density at radius 1 is 1.30 bits per heavy atom. The molecule has 0 aromatic carbocycles. The molecule has 0 radical (unpaired) electrons. The van der Waals surface area contributed by atoms with Gasteiger partial charge in [-0.1, -0.05) is 0 Å². The molecule has 0 saturated heterocycles. The number of carbonyl (C=O) groups is 1. The van der Waals surface area contributed by atoms with E-state index in [1.165, 1.54) is 0 Å². The summed E-state index contributed by atoms with van der Waals surface area (Å²) in [6.45, 7) is 3.67. The number of nitrogens with zero attached hydrogens (tertiary/aromatic N) is 1. The molecule has 0 aromatic heterocycles. The van der Waals surface area contributed by atoms with Crippen LogP contribution in [0, 0.1) is 5.92 Å². The molecule has 1 rings (SSSR count). The van der Waals surface area contributed by atoms with E-state index in [0.717, 1.165) is 39.0 Å². The number of hydrogen-bond acceptors (Lipinski definition) is 5. The highest BCUT2D eigenvalue weighted by molar-refractivity contribution is 5.86. The van der Waals surface area contributed by atoms with Crippen molar-refractivity contribution in [2.24, 2.45) is 11.7 Å². The van der Waals surface area contributed by atoms with Crippen molar-refractivity contribution < 1.29 is 14.3 Å². The number of rotatable bonds is 12. The van der Waals surface area contributed by atoms with Crippen molar-refractivity contribution in [1.29, 1.82) is 0 Å². The Morgan fingerprint density at radius 3 is 2.40 bits per heavy atom. The SMILES string of the molecule is CNC(CN(CCCOC)CCOC)(C(N)=O)C1CC1. The van der Waals surface area contributed by atoms with Crippen molar-refractivity contribution in [3.63, 3.8) is 0 Å². The Balaban J connectivity index is 2.65. The summed E-state index contributed by atoms with van der Waals surface area (Å²) in [6, 6.07) is 0. The van der Waals surface area contributed by atoms with Crippen LogP contribution in [0.25, 0.3) is 0 Å². The van der Waals surface area contributed by atoms with Crippen molar-refractivity contribution in [2.75, 3.05) is 54.1 Å². The smallest absolute Gasteiger partial charge is 0.239 e. The lowest BCUT2D eigenvalue weighted by Crippen LogP contribution is -2.62. The van der Waals surface area contributed by atoms with Crippen LogP contribution in [-0.2, 0) is 14.3 Å². The monoisotopic (exact) mass is 287 g/mol. The maximum atomic E-state index is 12.0. The van der Waals surface area contributed by atoms with E-state index in [1.54, 1.807) is 14.2 Å². The molecule has 1 unspecified atom stereocenters. The fraction of sp³-hybridized carbons (Fsp3) is 0.929. The minimum Gasteiger partial charge on any atom is -0.385 e. The molecular weight excluding hydrogens is 258 g/mol. The number of methoxy groups -OCH3 is 2. The zero-order valence-corrected chi connectivity index (χ0v) is 13.0. The van der Waals surface area contributed by atoms with Crippen molar-refractivity contribution in [3.8, 4) is 0 Å². The summed E-state index contributed by atoms with van der Waals surface area (Å²) in [5.74, 6) is 0.106. The molecular formula is C14H29N3O3. The second kappa shape index (κ2) is 8.56. The van der Waals surface area contributed by atoms with Crippen LogP contribution in [0.4, 0.5) is 0 Å². The predicted octanol–water partition coefficient (Wildman–Crippen LogP) is -0.175. The summed E-state index contributed by atoms with van der Waals surface area (Å²) in [4.78, 5) is 14.2. The maximum Gasteiger partial charge on any atom is 0.239 e. The third-order valence-electron chi connectivity index (χ3n) is 4.07. The first kappa shape index (κ1) is 17.4. The van der Waals surface area contributed by atoms with E-state index in [2.05, 4.69) is 10.2 Å². The average Bonchev–Trinajstić information content (AvgIpc) is 3.26. The molecule has 0 heterocycles. The van der Waals surface area contributed by atoms with Crippen LogP contribution >= 0.6 is 0 Å². The molecule has 0 aromatic rings. The summed E-state index contributed by atoms with van der Waals surface area (Å²) < 4.78 is 10.2. The van der Waals surface area contributed by atoms with Gasteiger partial charge in [0.2, 0.25) is 5.91 Å². The van der Waals surface area contributed by atoms with Gasteiger partial charge in [-0.15, -0.1) is 0 Å². The van der Waals surface area contributed by atoms with Crippen LogP contribution < -0.4 is 11.1 Å². The second-order valence-electron chi connectivity index (χ2n) is 5.48. The average molecular weight is 287 g/mol. The molecule has 3 N–H and O–H groups in total. The van der Waals surface area contributed by atoms with E-state index < -0.39 is 5.54 Å². The number of amides is 1. The van der Waals surface area contributed by atoms with Crippen molar-refractivity contribution in [3.05, 3.63) is 0 Å². The molecule has 6 heteroatoms. The number of primary amides is 1. The third kappa shape index (κ3) is 4.70. The molecule has 20 heavy (non-hydrogen) atoms. The minimum absolute atomic E-state index is 0.253. The number of carbonyl (C=O) groups excluding carboxylic acids is 1. The van der Waals surface area contributed by atoms with Crippen LogP contribution in [0.3, 0.4) is 0 Å². The van der Waals surface area contributed by atoms with Gasteiger partial charge in [0.1, 0.15) is 5.54 Å². The van der Waals surface area contributed by atoms with Crippen LogP contribution in [0.5, 0.6) is 0 Å². The number of likely N-dealkylation sites (N-methyl/N-ethyl adjacent to an activating group) is 1. The van der Waals surface area contributed by atoms with E-state index in [-0.39, 0.29) is 5.91 Å². The summed E-state index contributed by atoms with van der Waals surface area (Å²) in [5.41, 5.74) is 5.06. The van der Waals surface area contributed by atoms with Crippen LogP contribution in [0.2, 0.25) is 0 Å². The lowest BCUT2D eigenvalue weighted by molar-refractivity contribution is -0.126. The summed E-state index contributed by atoms with van der Waals surface area (Å²) in [7, 11) is 5.21. The van der Waals surface area contributed by atoms with Crippen LogP contribution in [0.1, 0.15) is 19.3 Å². The zero-order valence-electron chi connectivity index (χ0n) is 13.0. The van der Waals surface area contributed by atoms with Crippen molar-refractivity contribution in [1.82, 2.24) is 10.2 Å². The molecule has 1 aliphatic carbocycles. The fourth-order valence-electron chi connectivity index (χ4n) is 2.67. The number of ether oxygens (including phenoxy) is 2. The molecule has 1 fully saturated rings. The highest BCUT2D eigenvalue weighted by Gasteiger charge is 2.49. The predicted molar refractivity (Wildman–Crippen MR) is 78.5 cm³/mol. The van der Waals surface area contributed by atoms with E-state index in [9.17, 15) is 4.79 Å². The summed E-state index contributed by atoms with van der Waals surface area (Å²) in [6.07, 6.45) is 3.07. The lowest BCUT2D eigenvalue weighted by atomic mass is 9.91. The molecule has 0 bridgehead atoms. The van der Waals surface area contributed by atoms with E-state index in [4.69, 9.17) is 15.2 Å². The van der Waals surface area contributed by atoms with Gasteiger partial charge in [-0.3, -0.25) is 9.69 Å². The topological polar surface area (TPSA) is 76.8 Å². The lowest BCUT2D eigenvalue weighted by Gasteiger charge is -2.36. The van der Waals surface area contributed by atoms with Gasteiger partial charge in [0.15, 0.2) is 0 Å². The van der Waals surface area contributed by atoms with Gasteiger partial charge in [0.05, 0.1) is 6.61 Å². The molecule has 0 aliphatic heterocycles. The maximum absolute atomic E-state index is 12.0. The van der Waals surface area contributed by atoms with Gasteiger partial charge in [-0.05, 0) is 32.2 Å². The largest absolute Gasteiger partial charge is 0.385 e. The molecule has 6 nitrogen and oxygen atoms in total. The summed E-state index contributed by atoms with van der Waals surface area (Å²) in [5, 5.41) is 3.19. The van der Waals surface area contributed by atoms with E-state index in [1.807, 2.05) is 7.05 Å². The molecule has 118 valence electrons. The first-order valence-corrected chi connectivity index (χ1v) is 7.29. The Bertz CT molecular complexity index is 297. The van der Waals surface area contributed by atoms with Gasteiger partial charge in [0.25, 0.3) is 0 Å². The zero-order chi connectivity index (χ0) is 15.0. The van der Waals surface area contributed by atoms with Gasteiger partial charge in [0, 0.05) is 40.5 Å². The molecule has 1 aliphatic rings. The Morgan fingerprint density at radius 2 is 1.95 bits per heavy atom. The minimum atomic E-state index is -0.610. The molecule has 1 amide bonds. The highest BCUT2D eigenvalue weighted by atomic mass is 16.5. The molecule has 1 atom stereocenters. The van der Waals surface area contributed by atoms with Crippen molar-refractivity contribution >= 4 is 5.91 Å². The van der Waals surface area contributed by atoms with Gasteiger partial charge in [-0.2, -0.15) is 0 Å².